The Bertz CT molecular complexity index is 296. The van der Waals surface area contributed by atoms with Gasteiger partial charge in [-0.05, 0) is 18.4 Å². The number of pyridine rings is 1. The predicted molar refractivity (Wildman–Crippen MR) is 58.3 cm³/mol. The van der Waals surface area contributed by atoms with E-state index in [2.05, 4.69) is 4.98 Å². The highest BCUT2D eigenvalue weighted by Crippen LogP contribution is 2.14. The molecule has 1 aromatic rings. The normalized spacial score (nSPS) is 20.5. The summed E-state index contributed by atoms with van der Waals surface area (Å²) in [6.45, 7) is 1.44. The van der Waals surface area contributed by atoms with Crippen molar-refractivity contribution < 1.29 is 9.47 Å². The average Bonchev–Trinajstić information content (AvgIpc) is 2.80. The van der Waals surface area contributed by atoms with Crippen molar-refractivity contribution in [2.75, 3.05) is 13.2 Å². The second-order valence-electron chi connectivity index (χ2n) is 3.58. The topological polar surface area (TPSA) is 31.4 Å². The van der Waals surface area contributed by atoms with E-state index in [9.17, 15) is 0 Å². The average molecular weight is 228 g/mol. The molecule has 1 atom stereocenters. The van der Waals surface area contributed by atoms with E-state index in [-0.39, 0.29) is 6.10 Å². The van der Waals surface area contributed by atoms with Crippen molar-refractivity contribution in [1.82, 2.24) is 4.98 Å². The Hall–Kier alpha value is -0.800. The van der Waals surface area contributed by atoms with Gasteiger partial charge in [0.2, 0.25) is 5.88 Å². The molecule has 1 saturated heterocycles. The first-order valence-corrected chi connectivity index (χ1v) is 5.67. The molecule has 82 valence electrons. The number of nitrogens with zero attached hydrogens (tertiary/aromatic N) is 1. The molecule has 1 fully saturated rings. The molecule has 2 rings (SSSR count). The van der Waals surface area contributed by atoms with Crippen LogP contribution in [0.25, 0.3) is 0 Å². The number of ether oxygens (including phenoxy) is 2. The van der Waals surface area contributed by atoms with Gasteiger partial charge in [-0.2, -0.15) is 0 Å². The Morgan fingerprint density at radius 1 is 1.53 bits per heavy atom. The van der Waals surface area contributed by atoms with Gasteiger partial charge in [-0.1, -0.05) is 6.07 Å². The molecule has 0 N–H and O–H groups in total. The van der Waals surface area contributed by atoms with Crippen LogP contribution < -0.4 is 4.74 Å². The lowest BCUT2D eigenvalue weighted by Gasteiger charge is -2.10. The number of halogens is 1. The molecule has 1 aliphatic rings. The standard InChI is InChI=1S/C11H14ClNO2/c12-6-9-3-4-11(13-7-9)15-8-10-2-1-5-14-10/h3-4,7,10H,1-2,5-6,8H2. The predicted octanol–water partition coefficient (Wildman–Crippen LogP) is 2.38. The molecule has 15 heavy (non-hydrogen) atoms. The van der Waals surface area contributed by atoms with Crippen LogP contribution in [0.4, 0.5) is 0 Å². The first-order valence-electron chi connectivity index (χ1n) is 5.14. The van der Waals surface area contributed by atoms with Gasteiger partial charge in [0.25, 0.3) is 0 Å². The van der Waals surface area contributed by atoms with Gasteiger partial charge in [0.1, 0.15) is 6.61 Å². The van der Waals surface area contributed by atoms with Crippen LogP contribution in [0.3, 0.4) is 0 Å². The highest BCUT2D eigenvalue weighted by Gasteiger charge is 2.15. The van der Waals surface area contributed by atoms with Crippen molar-refractivity contribution in [3.63, 3.8) is 0 Å². The molecule has 0 bridgehead atoms. The molecule has 1 aliphatic heterocycles. The van der Waals surface area contributed by atoms with Crippen molar-refractivity contribution in [2.45, 2.75) is 24.8 Å². The number of hydrogen-bond donors (Lipinski definition) is 0. The second-order valence-corrected chi connectivity index (χ2v) is 3.85. The third kappa shape index (κ3) is 3.08. The number of rotatable bonds is 4. The van der Waals surface area contributed by atoms with E-state index < -0.39 is 0 Å². The molecule has 4 heteroatoms. The summed E-state index contributed by atoms with van der Waals surface area (Å²) in [7, 11) is 0. The van der Waals surface area contributed by atoms with E-state index in [4.69, 9.17) is 21.1 Å². The van der Waals surface area contributed by atoms with E-state index in [0.29, 0.717) is 18.4 Å². The Morgan fingerprint density at radius 2 is 2.47 bits per heavy atom. The largest absolute Gasteiger partial charge is 0.475 e. The lowest BCUT2D eigenvalue weighted by atomic mass is 10.2. The van der Waals surface area contributed by atoms with E-state index >= 15 is 0 Å². The molecule has 1 aromatic heterocycles. The Labute approximate surface area is 94.4 Å². The molecule has 0 radical (unpaired) electrons. The molecule has 3 nitrogen and oxygen atoms in total. The maximum absolute atomic E-state index is 5.66. The first-order chi connectivity index (χ1) is 7.38. The summed E-state index contributed by atoms with van der Waals surface area (Å²) in [5.41, 5.74) is 1.00. The van der Waals surface area contributed by atoms with Crippen molar-refractivity contribution in [3.05, 3.63) is 23.9 Å². The molecule has 0 aliphatic carbocycles. The minimum Gasteiger partial charge on any atom is -0.475 e. The van der Waals surface area contributed by atoms with Crippen molar-refractivity contribution in [2.24, 2.45) is 0 Å². The second kappa shape index (κ2) is 5.33. The fourth-order valence-corrected chi connectivity index (χ4v) is 1.69. The molecule has 2 heterocycles. The van der Waals surface area contributed by atoms with Gasteiger partial charge >= 0.3 is 0 Å². The van der Waals surface area contributed by atoms with Gasteiger partial charge in [0.15, 0.2) is 0 Å². The molecule has 0 aromatic carbocycles. The number of hydrogen-bond acceptors (Lipinski definition) is 3. The summed E-state index contributed by atoms with van der Waals surface area (Å²) < 4.78 is 11.0. The van der Waals surface area contributed by atoms with Crippen LogP contribution in [0, 0.1) is 0 Å². The van der Waals surface area contributed by atoms with Crippen molar-refractivity contribution >= 4 is 11.6 Å². The maximum atomic E-state index is 5.66. The minimum absolute atomic E-state index is 0.236. The summed E-state index contributed by atoms with van der Waals surface area (Å²) >= 11 is 5.66. The van der Waals surface area contributed by atoms with Gasteiger partial charge in [-0.3, -0.25) is 0 Å². The van der Waals surface area contributed by atoms with Crippen LogP contribution >= 0.6 is 11.6 Å². The lowest BCUT2D eigenvalue weighted by Crippen LogP contribution is -2.16. The fraction of sp³-hybridized carbons (Fsp3) is 0.545. The summed E-state index contributed by atoms with van der Waals surface area (Å²) in [5.74, 6) is 1.12. The molecular weight excluding hydrogens is 214 g/mol. The summed E-state index contributed by atoms with van der Waals surface area (Å²) in [4.78, 5) is 4.15. The smallest absolute Gasteiger partial charge is 0.213 e. The zero-order chi connectivity index (χ0) is 10.5. The monoisotopic (exact) mass is 227 g/mol. The van der Waals surface area contributed by atoms with Gasteiger partial charge in [0, 0.05) is 24.8 Å². The minimum atomic E-state index is 0.236. The van der Waals surface area contributed by atoms with E-state index in [0.717, 1.165) is 25.0 Å². The third-order valence-corrected chi connectivity index (χ3v) is 2.70. The zero-order valence-electron chi connectivity index (χ0n) is 8.49. The van der Waals surface area contributed by atoms with E-state index in [1.165, 1.54) is 0 Å². The van der Waals surface area contributed by atoms with Crippen molar-refractivity contribution in [3.8, 4) is 5.88 Å². The molecule has 0 amide bonds. The van der Waals surface area contributed by atoms with Crippen LogP contribution in [-0.2, 0) is 10.6 Å². The summed E-state index contributed by atoms with van der Waals surface area (Å²) in [6.07, 6.45) is 4.18. The highest BCUT2D eigenvalue weighted by molar-refractivity contribution is 6.17. The fourth-order valence-electron chi connectivity index (χ4n) is 1.53. The first kappa shape index (κ1) is 10.7. The molecule has 1 unspecified atom stereocenters. The van der Waals surface area contributed by atoms with E-state index in [1.54, 1.807) is 6.20 Å². The maximum Gasteiger partial charge on any atom is 0.213 e. The molecule has 0 saturated carbocycles. The van der Waals surface area contributed by atoms with Crippen molar-refractivity contribution in [1.29, 1.82) is 0 Å². The van der Waals surface area contributed by atoms with Crippen LogP contribution in [-0.4, -0.2) is 24.3 Å². The van der Waals surface area contributed by atoms with Gasteiger partial charge in [0.05, 0.1) is 6.10 Å². The number of aromatic nitrogens is 1. The zero-order valence-corrected chi connectivity index (χ0v) is 9.24. The van der Waals surface area contributed by atoms with Crippen LogP contribution in [0.1, 0.15) is 18.4 Å². The Balaban J connectivity index is 1.82. The van der Waals surface area contributed by atoms with E-state index in [1.807, 2.05) is 12.1 Å². The Morgan fingerprint density at radius 3 is 3.07 bits per heavy atom. The Kier molecular flexibility index (Phi) is 3.80. The highest BCUT2D eigenvalue weighted by atomic mass is 35.5. The lowest BCUT2D eigenvalue weighted by molar-refractivity contribution is 0.0663. The quantitative estimate of drug-likeness (QED) is 0.741. The molecular formula is C11H14ClNO2. The molecule has 0 spiro atoms. The summed E-state index contributed by atoms with van der Waals surface area (Å²) in [6, 6.07) is 3.76. The SMILES string of the molecule is ClCc1ccc(OCC2CCCO2)nc1. The van der Waals surface area contributed by atoms with Crippen LogP contribution in [0.2, 0.25) is 0 Å². The third-order valence-electron chi connectivity index (χ3n) is 2.39. The van der Waals surface area contributed by atoms with Gasteiger partial charge < -0.3 is 9.47 Å². The number of alkyl halides is 1. The summed E-state index contributed by atoms with van der Waals surface area (Å²) in [5, 5.41) is 0. The van der Waals surface area contributed by atoms with Gasteiger partial charge in [-0.25, -0.2) is 4.98 Å². The van der Waals surface area contributed by atoms with Gasteiger partial charge in [-0.15, -0.1) is 11.6 Å². The van der Waals surface area contributed by atoms with Crippen LogP contribution in [0.5, 0.6) is 5.88 Å². The van der Waals surface area contributed by atoms with Crippen LogP contribution in [0.15, 0.2) is 18.3 Å².